The first-order chi connectivity index (χ1) is 11.6. The molecule has 0 saturated heterocycles. The predicted octanol–water partition coefficient (Wildman–Crippen LogP) is 3.85. The lowest BCUT2D eigenvalue weighted by molar-refractivity contribution is -0.386. The van der Waals surface area contributed by atoms with E-state index in [1.54, 1.807) is 13.0 Å². The average molecular weight is 347 g/mol. The first-order valence-electron chi connectivity index (χ1n) is 6.95. The fraction of sp³-hybridized carbons (Fsp3) is 0.200. The van der Waals surface area contributed by atoms with Gasteiger partial charge in [-0.15, -0.1) is 21.5 Å². The van der Waals surface area contributed by atoms with Gasteiger partial charge in [-0.1, -0.05) is 6.07 Å². The minimum absolute atomic E-state index is 0.101. The molecule has 0 fully saturated rings. The van der Waals surface area contributed by atoms with Gasteiger partial charge in [-0.2, -0.15) is 0 Å². The van der Waals surface area contributed by atoms with Crippen molar-refractivity contribution >= 4 is 17.0 Å². The molecule has 1 atom stereocenters. The molecule has 0 unspecified atom stereocenters. The largest absolute Gasteiger partial charge is 0.496 e. The van der Waals surface area contributed by atoms with Gasteiger partial charge in [0.2, 0.25) is 0 Å². The van der Waals surface area contributed by atoms with Gasteiger partial charge in [-0.25, -0.2) is 0 Å². The number of thiophene rings is 1. The normalized spacial score (nSPS) is 11.9. The van der Waals surface area contributed by atoms with Crippen LogP contribution in [0.1, 0.15) is 18.9 Å². The Morgan fingerprint density at radius 3 is 2.83 bits per heavy atom. The summed E-state index contributed by atoms with van der Waals surface area (Å²) in [5.41, 5.74) is -0.195. The second-order valence-corrected chi connectivity index (χ2v) is 5.72. The molecular formula is C15H13N3O5S. The molecule has 9 heteroatoms. The maximum Gasteiger partial charge on any atom is 0.314 e. The summed E-state index contributed by atoms with van der Waals surface area (Å²) in [4.78, 5) is 11.5. The lowest BCUT2D eigenvalue weighted by atomic mass is 10.2. The van der Waals surface area contributed by atoms with Crippen LogP contribution in [0.15, 0.2) is 40.1 Å². The van der Waals surface area contributed by atoms with Crippen LogP contribution in [-0.2, 0) is 0 Å². The topological polar surface area (TPSA) is 101 Å². The molecule has 0 aliphatic heterocycles. The van der Waals surface area contributed by atoms with Gasteiger partial charge in [0.05, 0.1) is 23.0 Å². The summed E-state index contributed by atoms with van der Waals surface area (Å²) in [6.07, 6.45) is -0.640. The molecule has 0 bridgehead atoms. The van der Waals surface area contributed by atoms with Crippen molar-refractivity contribution in [2.24, 2.45) is 0 Å². The van der Waals surface area contributed by atoms with Crippen molar-refractivity contribution in [1.29, 1.82) is 0 Å². The molecule has 8 nitrogen and oxygen atoms in total. The predicted molar refractivity (Wildman–Crippen MR) is 86.3 cm³/mol. The smallest absolute Gasteiger partial charge is 0.314 e. The van der Waals surface area contributed by atoms with Crippen LogP contribution in [0, 0.1) is 10.1 Å². The Hall–Kier alpha value is -2.94. The van der Waals surface area contributed by atoms with E-state index < -0.39 is 11.0 Å². The van der Waals surface area contributed by atoms with Crippen molar-refractivity contribution in [1.82, 2.24) is 10.2 Å². The first-order valence-corrected chi connectivity index (χ1v) is 7.83. The molecule has 0 aliphatic carbocycles. The van der Waals surface area contributed by atoms with Crippen LogP contribution < -0.4 is 9.47 Å². The van der Waals surface area contributed by atoms with Crippen molar-refractivity contribution in [3.05, 3.63) is 51.7 Å². The Balaban J connectivity index is 1.82. The molecule has 0 N–H and O–H groups in total. The van der Waals surface area contributed by atoms with E-state index in [1.807, 2.05) is 17.5 Å². The maximum atomic E-state index is 11.2. The highest BCUT2D eigenvalue weighted by molar-refractivity contribution is 7.13. The third-order valence-corrected chi connectivity index (χ3v) is 4.04. The molecule has 124 valence electrons. The number of hydrogen-bond acceptors (Lipinski definition) is 8. The van der Waals surface area contributed by atoms with Crippen molar-refractivity contribution in [3.8, 4) is 22.3 Å². The van der Waals surface area contributed by atoms with Gasteiger partial charge in [0, 0.05) is 0 Å². The zero-order valence-electron chi connectivity index (χ0n) is 12.8. The van der Waals surface area contributed by atoms with Crippen molar-refractivity contribution in [2.45, 2.75) is 13.0 Å². The van der Waals surface area contributed by atoms with Gasteiger partial charge in [0.25, 0.3) is 11.8 Å². The minimum Gasteiger partial charge on any atom is -0.496 e. The number of aromatic nitrogens is 2. The highest BCUT2D eigenvalue weighted by Gasteiger charge is 2.22. The molecule has 2 aromatic heterocycles. The molecule has 2 heterocycles. The molecule has 3 aromatic rings. The fourth-order valence-electron chi connectivity index (χ4n) is 2.01. The molecule has 0 spiro atoms. The molecule has 0 saturated carbocycles. The van der Waals surface area contributed by atoms with Gasteiger partial charge in [-0.05, 0) is 30.5 Å². The fourth-order valence-corrected chi connectivity index (χ4v) is 2.65. The molecule has 24 heavy (non-hydrogen) atoms. The molecule has 0 aliphatic rings. The number of nitro groups is 1. The lowest BCUT2D eigenvalue weighted by Crippen LogP contribution is -2.05. The molecule has 1 aromatic carbocycles. The van der Waals surface area contributed by atoms with E-state index in [0.29, 0.717) is 11.6 Å². The van der Waals surface area contributed by atoms with E-state index in [9.17, 15) is 10.1 Å². The molecule has 0 amide bonds. The zero-order valence-corrected chi connectivity index (χ0v) is 13.6. The Labute approximate surface area is 140 Å². The van der Waals surface area contributed by atoms with Gasteiger partial charge in [0.15, 0.2) is 11.9 Å². The average Bonchev–Trinajstić information content (AvgIpc) is 3.26. The Kier molecular flexibility index (Phi) is 4.43. The summed E-state index contributed by atoms with van der Waals surface area (Å²) in [5.74, 6) is 1.10. The van der Waals surface area contributed by atoms with Crippen molar-refractivity contribution in [2.75, 3.05) is 7.11 Å². The van der Waals surface area contributed by atoms with E-state index in [0.717, 1.165) is 4.88 Å². The van der Waals surface area contributed by atoms with E-state index >= 15 is 0 Å². The Morgan fingerprint density at radius 2 is 2.17 bits per heavy atom. The second kappa shape index (κ2) is 6.67. The third-order valence-electron chi connectivity index (χ3n) is 3.19. The number of methoxy groups -OCH3 is 1. The highest BCUT2D eigenvalue weighted by Crippen LogP contribution is 2.34. The molecule has 0 radical (unpaired) electrons. The van der Waals surface area contributed by atoms with Gasteiger partial charge < -0.3 is 13.9 Å². The highest BCUT2D eigenvalue weighted by atomic mass is 32.1. The first kappa shape index (κ1) is 15.9. The standard InChI is InChI=1S/C15H13N3O5S/c1-9(14-16-17-15(23-14)13-4-3-7-24-13)22-12-6-5-10(21-2)8-11(12)18(19)20/h3-9H,1-2H3/t9-/m0/s1. The number of benzene rings is 1. The second-order valence-electron chi connectivity index (χ2n) is 4.77. The van der Waals surface area contributed by atoms with Crippen LogP contribution >= 0.6 is 11.3 Å². The summed E-state index contributed by atoms with van der Waals surface area (Å²) in [7, 11) is 1.44. The quantitative estimate of drug-likeness (QED) is 0.493. The van der Waals surface area contributed by atoms with Crippen LogP contribution in [0.3, 0.4) is 0 Å². The van der Waals surface area contributed by atoms with Crippen LogP contribution in [0.25, 0.3) is 10.8 Å². The summed E-state index contributed by atoms with van der Waals surface area (Å²) in [6.45, 7) is 1.68. The monoisotopic (exact) mass is 347 g/mol. The van der Waals surface area contributed by atoms with E-state index in [1.165, 1.54) is 30.6 Å². The van der Waals surface area contributed by atoms with Crippen LogP contribution in [0.5, 0.6) is 11.5 Å². The van der Waals surface area contributed by atoms with Gasteiger partial charge >= 0.3 is 5.69 Å². The van der Waals surface area contributed by atoms with E-state index in [2.05, 4.69) is 10.2 Å². The third kappa shape index (κ3) is 3.20. The Bertz CT molecular complexity index is 847. The lowest BCUT2D eigenvalue weighted by Gasteiger charge is -2.11. The SMILES string of the molecule is COc1ccc(O[C@@H](C)c2nnc(-c3cccs3)o2)c([N+](=O)[O-])c1. The summed E-state index contributed by atoms with van der Waals surface area (Å²) in [6, 6.07) is 8.10. The zero-order chi connectivity index (χ0) is 17.1. The summed E-state index contributed by atoms with van der Waals surface area (Å²) < 4.78 is 16.2. The van der Waals surface area contributed by atoms with Crippen molar-refractivity contribution in [3.63, 3.8) is 0 Å². The van der Waals surface area contributed by atoms with E-state index in [-0.39, 0.29) is 17.3 Å². The number of ether oxygens (including phenoxy) is 2. The van der Waals surface area contributed by atoms with Crippen molar-refractivity contribution < 1.29 is 18.8 Å². The molecule has 3 rings (SSSR count). The number of nitrogens with zero attached hydrogens (tertiary/aromatic N) is 3. The summed E-state index contributed by atoms with van der Waals surface area (Å²) >= 11 is 1.48. The van der Waals surface area contributed by atoms with Gasteiger partial charge in [-0.3, -0.25) is 10.1 Å². The maximum absolute atomic E-state index is 11.2. The molecular weight excluding hydrogens is 334 g/mol. The minimum atomic E-state index is -0.640. The number of rotatable bonds is 6. The summed E-state index contributed by atoms with van der Waals surface area (Å²) in [5, 5.41) is 21.0. The van der Waals surface area contributed by atoms with Gasteiger partial charge in [0.1, 0.15) is 5.75 Å². The Morgan fingerprint density at radius 1 is 1.33 bits per heavy atom. The van der Waals surface area contributed by atoms with Crippen LogP contribution in [0.4, 0.5) is 5.69 Å². The number of hydrogen-bond donors (Lipinski definition) is 0. The van der Waals surface area contributed by atoms with E-state index in [4.69, 9.17) is 13.9 Å². The van der Waals surface area contributed by atoms with Crippen LogP contribution in [0.2, 0.25) is 0 Å². The van der Waals surface area contributed by atoms with Crippen LogP contribution in [-0.4, -0.2) is 22.2 Å². The number of nitro benzene ring substituents is 1.